The van der Waals surface area contributed by atoms with Gasteiger partial charge in [0.05, 0.1) is 28.4 Å². The number of hydrogen-bond donors (Lipinski definition) is 1. The lowest BCUT2D eigenvalue weighted by molar-refractivity contribution is -0.125. The lowest BCUT2D eigenvalue weighted by atomic mass is 9.97. The molecular weight excluding hydrogens is 426 g/mol. The van der Waals surface area contributed by atoms with Crippen molar-refractivity contribution in [3.63, 3.8) is 0 Å². The number of amides is 1. The van der Waals surface area contributed by atoms with Crippen LogP contribution in [0.25, 0.3) is 16.6 Å². The van der Waals surface area contributed by atoms with Crippen molar-refractivity contribution in [3.8, 4) is 5.69 Å². The summed E-state index contributed by atoms with van der Waals surface area (Å²) < 4.78 is 1.98. The minimum Gasteiger partial charge on any atom is -0.355 e. The van der Waals surface area contributed by atoms with Gasteiger partial charge in [-0.3, -0.25) is 4.79 Å². The number of aromatic nitrogens is 4. The zero-order valence-corrected chi connectivity index (χ0v) is 20.5. The molecule has 0 aliphatic carbocycles. The first-order valence-corrected chi connectivity index (χ1v) is 12.6. The van der Waals surface area contributed by atoms with Gasteiger partial charge in [-0.15, -0.1) is 5.10 Å². The van der Waals surface area contributed by atoms with Gasteiger partial charge in [0.2, 0.25) is 5.91 Å². The zero-order chi connectivity index (χ0) is 23.7. The molecule has 0 unspecified atom stereocenters. The number of anilines is 1. The Morgan fingerprint density at radius 1 is 1.03 bits per heavy atom. The topological polar surface area (TPSA) is 79.2 Å². The molecule has 0 radical (unpaired) electrons. The first-order chi connectivity index (χ1) is 16.5. The molecule has 34 heavy (non-hydrogen) atoms. The van der Waals surface area contributed by atoms with E-state index in [0.29, 0.717) is 6.54 Å². The van der Waals surface area contributed by atoms with Crippen LogP contribution in [0.15, 0.2) is 24.3 Å². The number of carbonyl (C=O) groups excluding carboxylic acids is 1. The van der Waals surface area contributed by atoms with Crippen molar-refractivity contribution in [1.29, 1.82) is 0 Å². The summed E-state index contributed by atoms with van der Waals surface area (Å²) in [5.74, 6) is 0.900. The molecule has 1 atom stereocenters. The predicted molar refractivity (Wildman–Crippen MR) is 134 cm³/mol. The Bertz CT molecular complexity index is 1160. The highest BCUT2D eigenvalue weighted by molar-refractivity contribution is 5.92. The smallest absolute Gasteiger partial charge is 0.224 e. The minimum atomic E-state index is -0.0363. The Morgan fingerprint density at radius 3 is 2.56 bits per heavy atom. The SMILES string of the molecule is Cc1ccc(-n2nc3c(N4CCC[C@H](C(=O)NCCN5CCCC5)C4)nnc(C)c3c2C)cc1. The Kier molecular flexibility index (Phi) is 6.50. The van der Waals surface area contributed by atoms with Crippen LogP contribution < -0.4 is 10.2 Å². The molecule has 0 spiro atoms. The fraction of sp³-hybridized carbons (Fsp3) is 0.538. The standard InChI is InChI=1S/C26H35N7O/c1-18-8-10-22(11-9-18)33-20(3)23-19(2)28-29-25(24(23)30-33)32-15-6-7-21(17-32)26(34)27-12-16-31-13-4-5-14-31/h8-11,21H,4-7,12-17H2,1-3H3,(H,27,34)/t21-/m0/s1. The van der Waals surface area contributed by atoms with E-state index in [1.54, 1.807) is 0 Å². The molecule has 1 amide bonds. The molecule has 8 nitrogen and oxygen atoms in total. The summed E-state index contributed by atoms with van der Waals surface area (Å²) in [7, 11) is 0. The molecule has 0 bridgehead atoms. The monoisotopic (exact) mass is 461 g/mol. The minimum absolute atomic E-state index is 0.0363. The van der Waals surface area contributed by atoms with Crippen LogP contribution in [-0.2, 0) is 4.79 Å². The zero-order valence-electron chi connectivity index (χ0n) is 20.5. The van der Waals surface area contributed by atoms with Gasteiger partial charge in [-0.25, -0.2) is 4.68 Å². The van der Waals surface area contributed by atoms with Gasteiger partial charge in [0, 0.05) is 26.2 Å². The molecule has 2 saturated heterocycles. The van der Waals surface area contributed by atoms with Gasteiger partial charge < -0.3 is 15.1 Å². The van der Waals surface area contributed by atoms with Crippen molar-refractivity contribution in [3.05, 3.63) is 41.2 Å². The molecule has 5 rings (SSSR count). The highest BCUT2D eigenvalue weighted by Crippen LogP contribution is 2.31. The largest absolute Gasteiger partial charge is 0.355 e. The maximum absolute atomic E-state index is 12.9. The number of carbonyl (C=O) groups is 1. The fourth-order valence-corrected chi connectivity index (χ4v) is 5.33. The number of aryl methyl sites for hydroxylation is 3. The molecule has 2 aliphatic rings. The van der Waals surface area contributed by atoms with E-state index in [9.17, 15) is 4.79 Å². The van der Waals surface area contributed by atoms with E-state index in [2.05, 4.69) is 63.4 Å². The second-order valence-electron chi connectivity index (χ2n) is 9.79. The van der Waals surface area contributed by atoms with Gasteiger partial charge in [-0.1, -0.05) is 17.7 Å². The Morgan fingerprint density at radius 2 is 1.79 bits per heavy atom. The number of nitrogens with zero attached hydrogens (tertiary/aromatic N) is 6. The number of piperidine rings is 1. The number of nitrogens with one attached hydrogen (secondary N) is 1. The summed E-state index contributed by atoms with van der Waals surface area (Å²) in [6.07, 6.45) is 4.41. The van der Waals surface area contributed by atoms with Crippen LogP contribution in [0.2, 0.25) is 0 Å². The highest BCUT2D eigenvalue weighted by atomic mass is 16.1. The van der Waals surface area contributed by atoms with Crippen LogP contribution in [0.3, 0.4) is 0 Å². The Hall–Kier alpha value is -3.00. The van der Waals surface area contributed by atoms with Gasteiger partial charge >= 0.3 is 0 Å². The second kappa shape index (κ2) is 9.70. The molecular formula is C26H35N7O. The van der Waals surface area contributed by atoms with Crippen LogP contribution >= 0.6 is 0 Å². The first-order valence-electron chi connectivity index (χ1n) is 12.6. The van der Waals surface area contributed by atoms with Gasteiger partial charge in [-0.05, 0) is 71.7 Å². The van der Waals surface area contributed by atoms with Gasteiger partial charge in [0.1, 0.15) is 5.52 Å². The summed E-state index contributed by atoms with van der Waals surface area (Å²) in [4.78, 5) is 17.6. The molecule has 1 N–H and O–H groups in total. The Labute approximate surface area is 201 Å². The summed E-state index contributed by atoms with van der Waals surface area (Å²) in [5, 5.41) is 18.2. The van der Waals surface area contributed by atoms with E-state index in [1.807, 2.05) is 11.6 Å². The van der Waals surface area contributed by atoms with Crippen molar-refractivity contribution in [2.75, 3.05) is 44.2 Å². The van der Waals surface area contributed by atoms with Gasteiger partial charge in [-0.2, -0.15) is 10.2 Å². The van der Waals surface area contributed by atoms with Crippen molar-refractivity contribution in [2.45, 2.75) is 46.5 Å². The van der Waals surface area contributed by atoms with Crippen LogP contribution in [0.1, 0.15) is 42.6 Å². The summed E-state index contributed by atoms with van der Waals surface area (Å²) in [5.41, 5.74) is 5.04. The molecule has 2 aromatic heterocycles. The maximum atomic E-state index is 12.9. The van der Waals surface area contributed by atoms with Crippen LogP contribution in [-0.4, -0.2) is 70.1 Å². The average Bonchev–Trinajstić information content (AvgIpc) is 3.48. The number of benzene rings is 1. The molecule has 2 fully saturated rings. The quantitative estimate of drug-likeness (QED) is 0.608. The number of likely N-dealkylation sites (tertiary alicyclic amines) is 1. The third kappa shape index (κ3) is 4.51. The van der Waals surface area contributed by atoms with Crippen LogP contribution in [0.5, 0.6) is 0 Å². The van der Waals surface area contributed by atoms with Crippen LogP contribution in [0.4, 0.5) is 5.82 Å². The van der Waals surface area contributed by atoms with E-state index in [1.165, 1.54) is 18.4 Å². The third-order valence-electron chi connectivity index (χ3n) is 7.28. The maximum Gasteiger partial charge on any atom is 0.224 e. The van der Waals surface area contributed by atoms with E-state index in [4.69, 9.17) is 5.10 Å². The highest BCUT2D eigenvalue weighted by Gasteiger charge is 2.29. The normalized spacial score (nSPS) is 19.1. The van der Waals surface area contributed by atoms with Crippen LogP contribution in [0, 0.1) is 26.7 Å². The first kappa shape index (κ1) is 22.8. The second-order valence-corrected chi connectivity index (χ2v) is 9.79. The summed E-state index contributed by atoms with van der Waals surface area (Å²) in [6, 6.07) is 8.38. The molecule has 3 aromatic rings. The Balaban J connectivity index is 1.35. The predicted octanol–water partition coefficient (Wildman–Crippen LogP) is 3.17. The third-order valence-corrected chi connectivity index (χ3v) is 7.28. The summed E-state index contributed by atoms with van der Waals surface area (Å²) >= 11 is 0. The average molecular weight is 462 g/mol. The number of fused-ring (bicyclic) bond motifs is 1. The van der Waals surface area contributed by atoms with E-state index < -0.39 is 0 Å². The molecule has 8 heteroatoms. The number of rotatable bonds is 6. The van der Waals surface area contributed by atoms with Crippen molar-refractivity contribution in [2.24, 2.45) is 5.92 Å². The molecule has 1 aromatic carbocycles. The molecule has 0 saturated carbocycles. The van der Waals surface area contributed by atoms with Gasteiger partial charge in [0.15, 0.2) is 5.82 Å². The van der Waals surface area contributed by atoms with Crippen molar-refractivity contribution >= 4 is 22.6 Å². The molecule has 4 heterocycles. The van der Waals surface area contributed by atoms with Crippen molar-refractivity contribution < 1.29 is 4.79 Å². The molecule has 2 aliphatic heterocycles. The van der Waals surface area contributed by atoms with Gasteiger partial charge in [0.25, 0.3) is 0 Å². The van der Waals surface area contributed by atoms with E-state index >= 15 is 0 Å². The van der Waals surface area contributed by atoms with E-state index in [0.717, 1.165) is 79.4 Å². The summed E-state index contributed by atoms with van der Waals surface area (Å²) in [6.45, 7) is 11.7. The van der Waals surface area contributed by atoms with E-state index in [-0.39, 0.29) is 11.8 Å². The lowest BCUT2D eigenvalue weighted by Crippen LogP contribution is -2.45. The lowest BCUT2D eigenvalue weighted by Gasteiger charge is -2.32. The molecule has 180 valence electrons. The number of hydrogen-bond acceptors (Lipinski definition) is 6. The fourth-order valence-electron chi connectivity index (χ4n) is 5.33. The van der Waals surface area contributed by atoms with Crippen molar-refractivity contribution in [1.82, 2.24) is 30.2 Å².